The molecule has 0 saturated heterocycles. The predicted octanol–water partition coefficient (Wildman–Crippen LogP) is 2.38. The van der Waals surface area contributed by atoms with E-state index in [4.69, 9.17) is 21.1 Å². The fourth-order valence-corrected chi connectivity index (χ4v) is 1.42. The molecule has 1 N–H and O–H groups in total. The van der Waals surface area contributed by atoms with Crippen LogP contribution in [0.4, 0.5) is 0 Å². The lowest BCUT2D eigenvalue weighted by atomic mass is 10.1. The van der Waals surface area contributed by atoms with Gasteiger partial charge in [-0.3, -0.25) is 0 Å². The monoisotopic (exact) mass is 230 g/mol. The number of aliphatic hydroxyl groups excluding tert-OH is 1. The molecule has 0 aliphatic rings. The minimum absolute atomic E-state index is 0.393. The van der Waals surface area contributed by atoms with Crippen molar-refractivity contribution in [3.63, 3.8) is 0 Å². The van der Waals surface area contributed by atoms with E-state index in [1.54, 1.807) is 38.5 Å². The summed E-state index contributed by atoms with van der Waals surface area (Å²) in [7, 11) is 3.09. The summed E-state index contributed by atoms with van der Waals surface area (Å²) in [4.78, 5) is 0. The second-order valence-electron chi connectivity index (χ2n) is 3.20. The number of halogens is 1. The zero-order valence-corrected chi connectivity index (χ0v) is 9.57. The highest BCUT2D eigenvalue weighted by Gasteiger charge is 2.14. The lowest BCUT2D eigenvalue weighted by Crippen LogP contribution is -2.16. The zero-order valence-electron chi connectivity index (χ0n) is 8.81. The molecule has 0 saturated carbocycles. The summed E-state index contributed by atoms with van der Waals surface area (Å²) < 4.78 is 10.0. The maximum Gasteiger partial charge on any atom is 0.159 e. The molecular weight excluding hydrogens is 216 g/mol. The molecule has 0 bridgehead atoms. The lowest BCUT2D eigenvalue weighted by molar-refractivity contribution is -0.123. The molecule has 84 valence electrons. The topological polar surface area (TPSA) is 38.7 Å². The van der Waals surface area contributed by atoms with Crippen LogP contribution in [0.5, 0.6) is 0 Å². The third kappa shape index (κ3) is 3.80. The summed E-state index contributed by atoms with van der Waals surface area (Å²) in [6.45, 7) is 0. The number of aliphatic hydroxyl groups is 1. The Labute approximate surface area is 94.6 Å². The van der Waals surface area contributed by atoms with E-state index in [2.05, 4.69) is 0 Å². The van der Waals surface area contributed by atoms with E-state index in [0.717, 1.165) is 5.56 Å². The number of hydrogen-bond acceptors (Lipinski definition) is 3. The van der Waals surface area contributed by atoms with Gasteiger partial charge in [0.25, 0.3) is 0 Å². The fourth-order valence-electron chi connectivity index (χ4n) is 1.29. The van der Waals surface area contributed by atoms with Crippen LogP contribution in [0.25, 0.3) is 0 Å². The quantitative estimate of drug-likeness (QED) is 0.790. The molecule has 0 fully saturated rings. The Hall–Kier alpha value is -0.610. The molecule has 0 radical (unpaired) electrons. The van der Waals surface area contributed by atoms with Crippen molar-refractivity contribution < 1.29 is 14.6 Å². The van der Waals surface area contributed by atoms with Crippen LogP contribution in [0.2, 0.25) is 5.02 Å². The summed E-state index contributed by atoms with van der Waals surface area (Å²) in [6.07, 6.45) is -0.600. The summed E-state index contributed by atoms with van der Waals surface area (Å²) in [5.41, 5.74) is 0.804. The highest BCUT2D eigenvalue weighted by Crippen LogP contribution is 2.21. The Morgan fingerprint density at radius 3 is 2.20 bits per heavy atom. The highest BCUT2D eigenvalue weighted by molar-refractivity contribution is 6.30. The van der Waals surface area contributed by atoms with Gasteiger partial charge in [-0.05, 0) is 17.7 Å². The number of hydrogen-bond donors (Lipinski definition) is 1. The van der Waals surface area contributed by atoms with E-state index in [-0.39, 0.29) is 0 Å². The summed E-state index contributed by atoms with van der Waals surface area (Å²) >= 11 is 5.75. The van der Waals surface area contributed by atoms with Crippen molar-refractivity contribution in [2.45, 2.75) is 18.8 Å². The molecule has 0 aromatic heterocycles. The van der Waals surface area contributed by atoms with Gasteiger partial charge in [0.15, 0.2) is 6.29 Å². The van der Waals surface area contributed by atoms with Crippen LogP contribution in [0.15, 0.2) is 24.3 Å². The molecular formula is C11H15ClO3. The first-order chi connectivity index (χ1) is 7.17. The normalized spacial score (nSPS) is 13.1. The molecule has 4 heteroatoms. The molecule has 0 spiro atoms. The van der Waals surface area contributed by atoms with Crippen LogP contribution in [0, 0.1) is 0 Å². The summed E-state index contributed by atoms with van der Waals surface area (Å²) in [5, 5.41) is 10.5. The summed E-state index contributed by atoms with van der Waals surface area (Å²) in [5.74, 6) is 0. The number of benzene rings is 1. The van der Waals surface area contributed by atoms with Crippen molar-refractivity contribution >= 4 is 11.6 Å². The van der Waals surface area contributed by atoms with Crippen LogP contribution in [-0.2, 0) is 9.47 Å². The first-order valence-electron chi connectivity index (χ1n) is 4.66. The van der Waals surface area contributed by atoms with Crippen molar-refractivity contribution in [2.75, 3.05) is 14.2 Å². The van der Waals surface area contributed by atoms with Gasteiger partial charge in [-0.1, -0.05) is 23.7 Å². The minimum Gasteiger partial charge on any atom is -0.388 e. The first-order valence-corrected chi connectivity index (χ1v) is 5.04. The van der Waals surface area contributed by atoms with E-state index in [0.29, 0.717) is 11.4 Å². The van der Waals surface area contributed by atoms with Crippen LogP contribution in [0.3, 0.4) is 0 Å². The Morgan fingerprint density at radius 1 is 1.20 bits per heavy atom. The van der Waals surface area contributed by atoms with Crippen molar-refractivity contribution in [1.82, 2.24) is 0 Å². The van der Waals surface area contributed by atoms with Crippen molar-refractivity contribution in [3.05, 3.63) is 34.9 Å². The fraction of sp³-hybridized carbons (Fsp3) is 0.455. The smallest absolute Gasteiger partial charge is 0.159 e. The van der Waals surface area contributed by atoms with E-state index in [9.17, 15) is 5.11 Å². The molecule has 1 rings (SSSR count). The van der Waals surface area contributed by atoms with Gasteiger partial charge in [0.1, 0.15) is 0 Å². The average Bonchev–Trinajstić information content (AvgIpc) is 2.26. The average molecular weight is 231 g/mol. The van der Waals surface area contributed by atoms with Crippen molar-refractivity contribution in [2.24, 2.45) is 0 Å². The molecule has 0 amide bonds. The highest BCUT2D eigenvalue weighted by atomic mass is 35.5. The van der Waals surface area contributed by atoms with Crippen LogP contribution in [0.1, 0.15) is 18.1 Å². The Kier molecular flexibility index (Phi) is 5.05. The molecule has 0 heterocycles. The second-order valence-corrected chi connectivity index (χ2v) is 3.64. The third-order valence-electron chi connectivity index (χ3n) is 2.20. The Balaban J connectivity index is 2.60. The molecule has 1 aromatic carbocycles. The summed E-state index contributed by atoms with van der Waals surface area (Å²) in [6, 6.07) is 7.06. The van der Waals surface area contributed by atoms with Gasteiger partial charge in [-0.25, -0.2) is 0 Å². The molecule has 15 heavy (non-hydrogen) atoms. The first kappa shape index (κ1) is 12.5. The van der Waals surface area contributed by atoms with Gasteiger partial charge >= 0.3 is 0 Å². The third-order valence-corrected chi connectivity index (χ3v) is 2.45. The maximum atomic E-state index is 9.84. The number of methoxy groups -OCH3 is 2. The van der Waals surface area contributed by atoms with Gasteiger partial charge in [-0.2, -0.15) is 0 Å². The molecule has 3 nitrogen and oxygen atoms in total. The largest absolute Gasteiger partial charge is 0.388 e. The van der Waals surface area contributed by atoms with Gasteiger partial charge in [0.05, 0.1) is 6.10 Å². The van der Waals surface area contributed by atoms with Crippen molar-refractivity contribution in [1.29, 1.82) is 0 Å². The standard InChI is InChI=1S/C11H15ClO3/c1-14-11(15-2)7-10(13)8-3-5-9(12)6-4-8/h3-6,10-11,13H,7H2,1-2H3/t10-/m1/s1. The van der Waals surface area contributed by atoms with Gasteiger partial charge < -0.3 is 14.6 Å². The number of rotatable bonds is 5. The molecule has 1 atom stereocenters. The molecule has 0 aliphatic carbocycles. The molecule has 0 aliphatic heterocycles. The SMILES string of the molecule is COC(C[C@@H](O)c1ccc(Cl)cc1)OC. The van der Waals surface area contributed by atoms with E-state index < -0.39 is 12.4 Å². The predicted molar refractivity (Wildman–Crippen MR) is 58.8 cm³/mol. The van der Waals surface area contributed by atoms with Crippen molar-refractivity contribution in [3.8, 4) is 0 Å². The van der Waals surface area contributed by atoms with Gasteiger partial charge in [-0.15, -0.1) is 0 Å². The van der Waals surface area contributed by atoms with Gasteiger partial charge in [0, 0.05) is 25.7 Å². The Morgan fingerprint density at radius 2 is 1.73 bits per heavy atom. The maximum absolute atomic E-state index is 9.84. The molecule has 1 aromatic rings. The van der Waals surface area contributed by atoms with Crippen LogP contribution < -0.4 is 0 Å². The molecule has 0 unspecified atom stereocenters. The van der Waals surface area contributed by atoms with E-state index >= 15 is 0 Å². The van der Waals surface area contributed by atoms with Gasteiger partial charge in [0.2, 0.25) is 0 Å². The lowest BCUT2D eigenvalue weighted by Gasteiger charge is -2.17. The van der Waals surface area contributed by atoms with Crippen LogP contribution in [-0.4, -0.2) is 25.6 Å². The number of ether oxygens (including phenoxy) is 2. The van der Waals surface area contributed by atoms with Crippen LogP contribution >= 0.6 is 11.6 Å². The minimum atomic E-state index is -0.604. The Bertz CT molecular complexity index is 282. The van der Waals surface area contributed by atoms with E-state index in [1.165, 1.54) is 0 Å². The zero-order chi connectivity index (χ0) is 11.3. The van der Waals surface area contributed by atoms with E-state index in [1.807, 2.05) is 0 Å². The second kappa shape index (κ2) is 6.08.